The molecule has 0 bridgehead atoms. The summed E-state index contributed by atoms with van der Waals surface area (Å²) in [4.78, 5) is 11.3. The Hall–Kier alpha value is -0.660. The zero-order valence-corrected chi connectivity index (χ0v) is 10.2. The molecule has 1 rings (SSSR count). The number of rotatable bonds is 5. The molecular weight excluding hydrogens is 234 g/mol. The van der Waals surface area contributed by atoms with E-state index in [-0.39, 0.29) is 6.10 Å². The van der Waals surface area contributed by atoms with Crippen LogP contribution >= 0.6 is 0 Å². The van der Waals surface area contributed by atoms with E-state index in [1.807, 2.05) is 4.72 Å². The summed E-state index contributed by atoms with van der Waals surface area (Å²) >= 11 is 0. The number of sulfonamides is 1. The molecule has 0 aliphatic carbocycles. The van der Waals surface area contributed by atoms with Crippen molar-refractivity contribution >= 4 is 15.9 Å². The summed E-state index contributed by atoms with van der Waals surface area (Å²) < 4.78 is 34.0. The molecule has 6 nitrogen and oxygen atoms in total. The first kappa shape index (κ1) is 13.4. The third-order valence-electron chi connectivity index (χ3n) is 2.21. The Kier molecular flexibility index (Phi) is 4.69. The van der Waals surface area contributed by atoms with Crippen LogP contribution in [0, 0.1) is 0 Å². The zero-order chi connectivity index (χ0) is 12.2. The van der Waals surface area contributed by atoms with Crippen molar-refractivity contribution in [3.8, 4) is 0 Å². The lowest BCUT2D eigenvalue weighted by Gasteiger charge is -2.15. The van der Waals surface area contributed by atoms with Crippen LogP contribution < -0.4 is 4.72 Å². The van der Waals surface area contributed by atoms with Gasteiger partial charge in [0, 0.05) is 6.61 Å². The van der Waals surface area contributed by atoms with Crippen molar-refractivity contribution in [1.29, 1.82) is 0 Å². The maximum atomic E-state index is 11.3. The highest BCUT2D eigenvalue weighted by atomic mass is 32.2. The molecule has 1 amide bonds. The number of carbonyl (C=O) groups excluding carboxylic acids is 1. The van der Waals surface area contributed by atoms with Crippen LogP contribution in [0.3, 0.4) is 0 Å². The summed E-state index contributed by atoms with van der Waals surface area (Å²) in [6.45, 7) is 2.55. The maximum Gasteiger partial charge on any atom is 0.262 e. The number of nitrogens with one attached hydrogen (secondary N) is 1. The van der Waals surface area contributed by atoms with Gasteiger partial charge in [-0.15, -0.1) is 0 Å². The SMILES string of the molecule is C[C@H](OC[C@@H]1CCCO1)C(=O)NS(C)(=O)=O. The van der Waals surface area contributed by atoms with Gasteiger partial charge in [0.15, 0.2) is 0 Å². The molecule has 0 spiro atoms. The van der Waals surface area contributed by atoms with Crippen LogP contribution in [0.15, 0.2) is 0 Å². The molecule has 1 fully saturated rings. The van der Waals surface area contributed by atoms with Gasteiger partial charge in [-0.25, -0.2) is 8.42 Å². The highest BCUT2D eigenvalue weighted by Crippen LogP contribution is 2.12. The van der Waals surface area contributed by atoms with Gasteiger partial charge in [0.2, 0.25) is 10.0 Å². The van der Waals surface area contributed by atoms with E-state index < -0.39 is 22.0 Å². The summed E-state index contributed by atoms with van der Waals surface area (Å²) in [6.07, 6.45) is 2.07. The smallest absolute Gasteiger partial charge is 0.262 e. The molecule has 1 heterocycles. The first-order valence-corrected chi connectivity index (χ1v) is 7.02. The molecule has 1 aliphatic rings. The topological polar surface area (TPSA) is 81.7 Å². The third-order valence-corrected chi connectivity index (χ3v) is 2.78. The lowest BCUT2D eigenvalue weighted by Crippen LogP contribution is -2.38. The molecule has 16 heavy (non-hydrogen) atoms. The highest BCUT2D eigenvalue weighted by molar-refractivity contribution is 7.89. The minimum Gasteiger partial charge on any atom is -0.376 e. The first-order chi connectivity index (χ1) is 7.38. The average molecular weight is 251 g/mol. The van der Waals surface area contributed by atoms with Crippen LogP contribution in [0.5, 0.6) is 0 Å². The van der Waals surface area contributed by atoms with Gasteiger partial charge in [-0.05, 0) is 19.8 Å². The van der Waals surface area contributed by atoms with Crippen LogP contribution in [-0.2, 0) is 24.3 Å². The minimum absolute atomic E-state index is 0.0217. The van der Waals surface area contributed by atoms with Crippen molar-refractivity contribution in [2.45, 2.75) is 32.0 Å². The first-order valence-electron chi connectivity index (χ1n) is 5.13. The van der Waals surface area contributed by atoms with Gasteiger partial charge in [0.1, 0.15) is 6.10 Å². The van der Waals surface area contributed by atoms with Gasteiger partial charge >= 0.3 is 0 Å². The molecule has 0 aromatic carbocycles. The Labute approximate surface area is 95.4 Å². The number of carbonyl (C=O) groups is 1. The molecule has 0 unspecified atom stereocenters. The predicted octanol–water partition coefficient (Wildman–Crippen LogP) is -0.354. The Morgan fingerprint density at radius 1 is 1.62 bits per heavy atom. The maximum absolute atomic E-state index is 11.3. The van der Waals surface area contributed by atoms with E-state index in [0.717, 1.165) is 25.7 Å². The van der Waals surface area contributed by atoms with Crippen LogP contribution in [-0.4, -0.2) is 46.0 Å². The van der Waals surface area contributed by atoms with Crippen molar-refractivity contribution in [1.82, 2.24) is 4.72 Å². The van der Waals surface area contributed by atoms with E-state index in [0.29, 0.717) is 6.61 Å². The van der Waals surface area contributed by atoms with E-state index in [1.54, 1.807) is 0 Å². The second kappa shape index (κ2) is 5.60. The number of amides is 1. The molecule has 94 valence electrons. The van der Waals surface area contributed by atoms with Crippen molar-refractivity contribution in [2.75, 3.05) is 19.5 Å². The van der Waals surface area contributed by atoms with E-state index in [9.17, 15) is 13.2 Å². The van der Waals surface area contributed by atoms with Gasteiger partial charge < -0.3 is 9.47 Å². The van der Waals surface area contributed by atoms with Crippen molar-refractivity contribution < 1.29 is 22.7 Å². The highest BCUT2D eigenvalue weighted by Gasteiger charge is 2.21. The van der Waals surface area contributed by atoms with Crippen molar-refractivity contribution in [2.24, 2.45) is 0 Å². The summed E-state index contributed by atoms with van der Waals surface area (Å²) in [6, 6.07) is 0. The second-order valence-electron chi connectivity index (χ2n) is 3.85. The molecule has 0 radical (unpaired) electrons. The molecule has 0 saturated carbocycles. The Morgan fingerprint density at radius 2 is 2.31 bits per heavy atom. The summed E-state index contributed by atoms with van der Waals surface area (Å²) in [5.41, 5.74) is 0. The van der Waals surface area contributed by atoms with E-state index in [4.69, 9.17) is 9.47 Å². The molecule has 1 aliphatic heterocycles. The van der Waals surface area contributed by atoms with Gasteiger partial charge in [-0.3, -0.25) is 9.52 Å². The van der Waals surface area contributed by atoms with E-state index in [2.05, 4.69) is 0 Å². The van der Waals surface area contributed by atoms with Gasteiger partial charge in [0.25, 0.3) is 5.91 Å². The quantitative estimate of drug-likeness (QED) is 0.722. The minimum atomic E-state index is -3.52. The zero-order valence-electron chi connectivity index (χ0n) is 9.43. The number of hydrogen-bond donors (Lipinski definition) is 1. The Balaban J connectivity index is 2.28. The Bertz CT molecular complexity index is 334. The number of ether oxygens (including phenoxy) is 2. The predicted molar refractivity (Wildman–Crippen MR) is 57.4 cm³/mol. The van der Waals surface area contributed by atoms with Gasteiger partial charge in [-0.1, -0.05) is 0 Å². The van der Waals surface area contributed by atoms with E-state index >= 15 is 0 Å². The van der Waals surface area contributed by atoms with E-state index in [1.165, 1.54) is 6.92 Å². The van der Waals surface area contributed by atoms with Crippen LogP contribution in [0.4, 0.5) is 0 Å². The molecule has 2 atom stereocenters. The fourth-order valence-corrected chi connectivity index (χ4v) is 1.90. The van der Waals surface area contributed by atoms with Gasteiger partial charge in [0.05, 0.1) is 19.0 Å². The lowest BCUT2D eigenvalue weighted by molar-refractivity contribution is -0.131. The monoisotopic (exact) mass is 251 g/mol. The summed E-state index contributed by atoms with van der Waals surface area (Å²) in [7, 11) is -3.52. The number of hydrogen-bond acceptors (Lipinski definition) is 5. The third kappa shape index (κ3) is 4.91. The Morgan fingerprint density at radius 3 is 2.81 bits per heavy atom. The molecular formula is C9H17NO5S. The molecule has 1 N–H and O–H groups in total. The fraction of sp³-hybridized carbons (Fsp3) is 0.889. The fourth-order valence-electron chi connectivity index (χ4n) is 1.37. The molecule has 1 saturated heterocycles. The van der Waals surface area contributed by atoms with Crippen LogP contribution in [0.25, 0.3) is 0 Å². The largest absolute Gasteiger partial charge is 0.376 e. The van der Waals surface area contributed by atoms with Crippen LogP contribution in [0.2, 0.25) is 0 Å². The summed E-state index contributed by atoms with van der Waals surface area (Å²) in [5, 5.41) is 0. The molecule has 7 heteroatoms. The standard InChI is InChI=1S/C9H17NO5S/c1-7(9(11)10-16(2,12)13)15-6-8-4-3-5-14-8/h7-8H,3-6H2,1-2H3,(H,10,11)/t7-,8-/m0/s1. The van der Waals surface area contributed by atoms with Gasteiger partial charge in [-0.2, -0.15) is 0 Å². The normalized spacial score (nSPS) is 23.0. The molecule has 0 aromatic heterocycles. The second-order valence-corrected chi connectivity index (χ2v) is 5.60. The molecule has 0 aromatic rings. The average Bonchev–Trinajstić information content (AvgIpc) is 2.63. The lowest BCUT2D eigenvalue weighted by atomic mass is 10.2. The van der Waals surface area contributed by atoms with Crippen molar-refractivity contribution in [3.63, 3.8) is 0 Å². The van der Waals surface area contributed by atoms with Crippen LogP contribution in [0.1, 0.15) is 19.8 Å². The van der Waals surface area contributed by atoms with Crippen molar-refractivity contribution in [3.05, 3.63) is 0 Å². The summed E-state index contributed by atoms with van der Waals surface area (Å²) in [5.74, 6) is -0.652.